The Kier molecular flexibility index (Phi) is 4.33. The minimum Gasteiger partial charge on any atom is -0.486 e. The number of para-hydroxylation sites is 1. The quantitative estimate of drug-likeness (QED) is 0.513. The number of aromatic nitrogens is 3. The summed E-state index contributed by atoms with van der Waals surface area (Å²) in [6, 6.07) is 13.5. The zero-order valence-electron chi connectivity index (χ0n) is 14.9. The van der Waals surface area contributed by atoms with Crippen LogP contribution in [0.5, 0.6) is 11.5 Å². The van der Waals surface area contributed by atoms with E-state index < -0.39 is 0 Å². The topological polar surface area (TPSA) is 77.8 Å². The van der Waals surface area contributed by atoms with Crippen LogP contribution in [0.4, 0.5) is 5.69 Å². The number of thiazole rings is 1. The Labute approximate surface area is 168 Å². The molecular formula is C19H16N4O3S2. The zero-order valence-corrected chi connectivity index (χ0v) is 16.5. The third kappa shape index (κ3) is 3.06. The lowest BCUT2D eigenvalue weighted by atomic mass is 10.2. The number of hydrogen-bond donors (Lipinski definition) is 1. The third-order valence-electron chi connectivity index (χ3n) is 4.37. The fourth-order valence-corrected chi connectivity index (χ4v) is 4.89. The summed E-state index contributed by atoms with van der Waals surface area (Å²) in [7, 11) is 0. The second kappa shape index (κ2) is 6.99. The first kappa shape index (κ1) is 17.3. The second-order valence-corrected chi connectivity index (χ2v) is 8.60. The van der Waals surface area contributed by atoms with E-state index in [1.54, 1.807) is 17.4 Å². The molecule has 142 valence electrons. The number of ether oxygens (including phenoxy) is 2. The Morgan fingerprint density at radius 3 is 2.89 bits per heavy atom. The van der Waals surface area contributed by atoms with Gasteiger partial charge in [0.25, 0.3) is 0 Å². The van der Waals surface area contributed by atoms with E-state index in [2.05, 4.69) is 21.6 Å². The summed E-state index contributed by atoms with van der Waals surface area (Å²) >= 11 is 2.97. The molecule has 0 bridgehead atoms. The highest BCUT2D eigenvalue weighted by molar-refractivity contribution is 8.00. The molecule has 1 amide bonds. The van der Waals surface area contributed by atoms with Gasteiger partial charge in [0.1, 0.15) is 13.2 Å². The molecule has 0 unspecified atom stereocenters. The summed E-state index contributed by atoms with van der Waals surface area (Å²) in [5, 5.41) is 11.8. The molecule has 4 aromatic rings. The molecule has 7 nitrogen and oxygen atoms in total. The molecule has 1 aliphatic rings. The lowest BCUT2D eigenvalue weighted by molar-refractivity contribution is -0.115. The van der Waals surface area contributed by atoms with E-state index in [-0.39, 0.29) is 11.2 Å². The molecule has 1 N–H and O–H groups in total. The zero-order chi connectivity index (χ0) is 19.1. The fraction of sp³-hybridized carbons (Fsp3) is 0.211. The number of hydrogen-bond acceptors (Lipinski definition) is 7. The van der Waals surface area contributed by atoms with E-state index >= 15 is 0 Å². The van der Waals surface area contributed by atoms with Crippen molar-refractivity contribution < 1.29 is 14.3 Å². The lowest BCUT2D eigenvalue weighted by Gasteiger charge is -2.19. The maximum atomic E-state index is 12.7. The van der Waals surface area contributed by atoms with Crippen molar-refractivity contribution in [3.05, 3.63) is 42.5 Å². The summed E-state index contributed by atoms with van der Waals surface area (Å²) in [6.45, 7) is 2.90. The monoisotopic (exact) mass is 412 g/mol. The Morgan fingerprint density at radius 2 is 2.00 bits per heavy atom. The minimum absolute atomic E-state index is 0.113. The normalized spacial score (nSPS) is 14.3. The van der Waals surface area contributed by atoms with Crippen molar-refractivity contribution in [3.8, 4) is 11.5 Å². The molecule has 1 atom stereocenters. The van der Waals surface area contributed by atoms with Gasteiger partial charge in [-0.1, -0.05) is 35.2 Å². The number of thioether (sulfide) groups is 1. The van der Waals surface area contributed by atoms with Crippen molar-refractivity contribution in [2.24, 2.45) is 0 Å². The third-order valence-corrected chi connectivity index (χ3v) is 6.43. The number of anilines is 1. The van der Waals surface area contributed by atoms with Crippen LogP contribution in [0.3, 0.4) is 0 Å². The highest BCUT2D eigenvalue weighted by Gasteiger charge is 2.21. The first-order valence-electron chi connectivity index (χ1n) is 8.79. The summed E-state index contributed by atoms with van der Waals surface area (Å²) < 4.78 is 14.2. The predicted octanol–water partition coefficient (Wildman–Crippen LogP) is 3.83. The molecule has 1 aliphatic heterocycles. The van der Waals surface area contributed by atoms with E-state index in [0.29, 0.717) is 35.6 Å². The van der Waals surface area contributed by atoms with E-state index in [9.17, 15) is 4.79 Å². The average Bonchev–Trinajstić information content (AvgIpc) is 3.27. The van der Waals surface area contributed by atoms with Crippen LogP contribution in [-0.2, 0) is 4.79 Å². The molecule has 28 heavy (non-hydrogen) atoms. The van der Waals surface area contributed by atoms with Gasteiger partial charge in [0, 0.05) is 11.8 Å². The fourth-order valence-electron chi connectivity index (χ4n) is 3.01. The SMILES string of the molecule is C[C@H](Sc1nnc2sc3ccccc3n12)C(=O)Nc1ccc2c(c1)OCCO2. The molecule has 0 saturated carbocycles. The van der Waals surface area contributed by atoms with Gasteiger partial charge in [-0.25, -0.2) is 0 Å². The van der Waals surface area contributed by atoms with Gasteiger partial charge >= 0.3 is 0 Å². The molecule has 2 aromatic carbocycles. The van der Waals surface area contributed by atoms with E-state index in [1.165, 1.54) is 11.8 Å². The molecular weight excluding hydrogens is 396 g/mol. The molecule has 0 saturated heterocycles. The summed E-state index contributed by atoms with van der Waals surface area (Å²) in [6.07, 6.45) is 0. The van der Waals surface area contributed by atoms with Crippen molar-refractivity contribution in [2.75, 3.05) is 18.5 Å². The first-order chi connectivity index (χ1) is 13.7. The highest BCUT2D eigenvalue weighted by Crippen LogP contribution is 2.34. The standard InChI is InChI=1S/C19H16N4O3S2/c1-11(17(24)20-12-6-7-14-15(10-12)26-9-8-25-14)27-18-21-22-19-23(18)13-4-2-3-5-16(13)28-19/h2-7,10-11H,8-9H2,1H3,(H,20,24)/t11-/m0/s1. The van der Waals surface area contributed by atoms with Gasteiger partial charge < -0.3 is 14.8 Å². The first-order valence-corrected chi connectivity index (χ1v) is 10.5. The number of carbonyl (C=O) groups excluding carboxylic acids is 1. The smallest absolute Gasteiger partial charge is 0.237 e. The molecule has 5 rings (SSSR count). The Morgan fingerprint density at radius 1 is 1.18 bits per heavy atom. The van der Waals surface area contributed by atoms with Crippen LogP contribution in [0.1, 0.15) is 6.92 Å². The summed E-state index contributed by atoms with van der Waals surface area (Å²) in [5.74, 6) is 1.23. The molecule has 0 spiro atoms. The molecule has 3 heterocycles. The van der Waals surface area contributed by atoms with Gasteiger partial charge in [-0.15, -0.1) is 10.2 Å². The minimum atomic E-state index is -0.348. The summed E-state index contributed by atoms with van der Waals surface area (Å²) in [5.41, 5.74) is 1.73. The molecule has 0 fully saturated rings. The van der Waals surface area contributed by atoms with Crippen molar-refractivity contribution in [3.63, 3.8) is 0 Å². The van der Waals surface area contributed by atoms with E-state index in [1.807, 2.05) is 41.7 Å². The van der Waals surface area contributed by atoms with Crippen LogP contribution >= 0.6 is 23.1 Å². The van der Waals surface area contributed by atoms with Crippen LogP contribution in [0.25, 0.3) is 15.2 Å². The number of benzene rings is 2. The average molecular weight is 412 g/mol. The number of amides is 1. The van der Waals surface area contributed by atoms with Gasteiger partial charge in [0.05, 0.1) is 15.5 Å². The Balaban J connectivity index is 1.35. The van der Waals surface area contributed by atoms with Crippen LogP contribution in [-0.4, -0.2) is 39.0 Å². The maximum absolute atomic E-state index is 12.7. The largest absolute Gasteiger partial charge is 0.486 e. The molecule has 2 aromatic heterocycles. The van der Waals surface area contributed by atoms with Gasteiger partial charge in [-0.2, -0.15) is 0 Å². The van der Waals surface area contributed by atoms with Crippen molar-refractivity contribution in [1.29, 1.82) is 0 Å². The van der Waals surface area contributed by atoms with Gasteiger partial charge in [0.15, 0.2) is 16.7 Å². The Bertz CT molecular complexity index is 1190. The molecule has 0 aliphatic carbocycles. The lowest BCUT2D eigenvalue weighted by Crippen LogP contribution is -2.23. The van der Waals surface area contributed by atoms with Crippen LogP contribution in [0.15, 0.2) is 47.6 Å². The number of carbonyl (C=O) groups is 1. The second-order valence-electron chi connectivity index (χ2n) is 6.28. The molecule has 0 radical (unpaired) electrons. The van der Waals surface area contributed by atoms with E-state index in [4.69, 9.17) is 9.47 Å². The van der Waals surface area contributed by atoms with Crippen LogP contribution in [0.2, 0.25) is 0 Å². The van der Waals surface area contributed by atoms with Gasteiger partial charge in [0.2, 0.25) is 10.9 Å². The van der Waals surface area contributed by atoms with Crippen molar-refractivity contribution >= 4 is 49.9 Å². The van der Waals surface area contributed by atoms with Crippen molar-refractivity contribution in [2.45, 2.75) is 17.3 Å². The van der Waals surface area contributed by atoms with Crippen LogP contribution < -0.4 is 14.8 Å². The number of nitrogens with zero attached hydrogens (tertiary/aromatic N) is 3. The number of rotatable bonds is 4. The number of fused-ring (bicyclic) bond motifs is 4. The van der Waals surface area contributed by atoms with Crippen molar-refractivity contribution in [1.82, 2.24) is 14.6 Å². The van der Waals surface area contributed by atoms with Crippen LogP contribution in [0, 0.1) is 0 Å². The van der Waals surface area contributed by atoms with Gasteiger partial charge in [-0.3, -0.25) is 9.20 Å². The maximum Gasteiger partial charge on any atom is 0.237 e. The predicted molar refractivity (Wildman–Crippen MR) is 110 cm³/mol. The number of nitrogens with one attached hydrogen (secondary N) is 1. The summed E-state index contributed by atoms with van der Waals surface area (Å²) in [4.78, 5) is 13.5. The van der Waals surface area contributed by atoms with Gasteiger partial charge in [-0.05, 0) is 31.2 Å². The van der Waals surface area contributed by atoms with E-state index in [0.717, 1.165) is 15.2 Å². The Hall–Kier alpha value is -2.78. The highest BCUT2D eigenvalue weighted by atomic mass is 32.2. The molecule has 9 heteroatoms.